The molecule has 196 valence electrons. The number of likely N-dealkylation sites (tertiary alicyclic amines) is 2. The molecule has 0 spiro atoms. The fourth-order valence-corrected chi connectivity index (χ4v) is 7.72. The quantitative estimate of drug-likeness (QED) is 0.238. The second-order valence-corrected chi connectivity index (χ2v) is 11.1. The molecule has 2 heterocycles. The molecule has 0 bridgehead atoms. The molecule has 10 nitrogen and oxygen atoms in total. The van der Waals surface area contributed by atoms with Gasteiger partial charge in [-0.2, -0.15) is 4.90 Å². The number of allylic oxidation sites excluding steroid dienone is 2. The lowest BCUT2D eigenvalue weighted by Crippen LogP contribution is -2.60. The molecule has 0 aromatic heterocycles. The number of rotatable bonds is 3. The van der Waals surface area contributed by atoms with Gasteiger partial charge in [0.05, 0.1) is 31.5 Å². The van der Waals surface area contributed by atoms with Crippen LogP contribution in [0.5, 0.6) is 11.5 Å². The Morgan fingerprint density at radius 2 is 1.84 bits per heavy atom. The topological polar surface area (TPSA) is 131 Å². The SMILES string of the molecule is COC(=O)N1C(=O)[C@H]2[C@H](CC=C3[C@H]2C[C@@]2(Cl)C(=O)N(CBr)C(=O)[C@@]2(Cl)[C@H]3c2cccc(OC)c2O)C1=O. The maximum atomic E-state index is 13.7. The number of hydrogen-bond acceptors (Lipinski definition) is 8. The Bertz CT molecular complexity index is 1300. The third-order valence-electron chi connectivity index (χ3n) is 7.93. The average Bonchev–Trinajstić information content (AvgIpc) is 3.22. The van der Waals surface area contributed by atoms with Crippen molar-refractivity contribution < 1.29 is 38.6 Å². The van der Waals surface area contributed by atoms with Gasteiger partial charge in [0.15, 0.2) is 21.2 Å². The maximum Gasteiger partial charge on any atom is 0.423 e. The lowest BCUT2D eigenvalue weighted by molar-refractivity contribution is -0.140. The van der Waals surface area contributed by atoms with Gasteiger partial charge in [0, 0.05) is 11.5 Å². The molecule has 0 unspecified atom stereocenters. The number of carbonyl (C=O) groups excluding carboxylic acids is 5. The van der Waals surface area contributed by atoms with Crippen LogP contribution in [0.3, 0.4) is 0 Å². The van der Waals surface area contributed by atoms with Crippen LogP contribution in [-0.4, -0.2) is 74.1 Å². The highest BCUT2D eigenvalue weighted by atomic mass is 79.9. The van der Waals surface area contributed by atoms with Crippen LogP contribution in [0.2, 0.25) is 0 Å². The molecular weight excluding hydrogens is 595 g/mol. The van der Waals surface area contributed by atoms with E-state index >= 15 is 0 Å². The summed E-state index contributed by atoms with van der Waals surface area (Å²) in [5.74, 6) is -7.13. The van der Waals surface area contributed by atoms with Gasteiger partial charge in [-0.1, -0.05) is 39.7 Å². The highest BCUT2D eigenvalue weighted by molar-refractivity contribution is 9.09. The minimum absolute atomic E-state index is 0.0718. The number of phenols is 1. The zero-order valence-electron chi connectivity index (χ0n) is 19.6. The Labute approximate surface area is 229 Å². The molecule has 1 N–H and O–H groups in total. The third kappa shape index (κ3) is 3.13. The predicted octanol–water partition coefficient (Wildman–Crippen LogP) is 2.88. The molecule has 0 radical (unpaired) electrons. The van der Waals surface area contributed by atoms with Gasteiger partial charge in [-0.05, 0) is 24.8 Å². The molecule has 13 heteroatoms. The number of nitrogens with zero attached hydrogens (tertiary/aromatic N) is 2. The summed E-state index contributed by atoms with van der Waals surface area (Å²) in [5.41, 5.74) is 0.475. The second-order valence-electron chi connectivity index (χ2n) is 9.37. The average molecular weight is 616 g/mol. The van der Waals surface area contributed by atoms with Gasteiger partial charge < -0.3 is 14.6 Å². The van der Waals surface area contributed by atoms with Gasteiger partial charge in [-0.15, -0.1) is 23.2 Å². The molecule has 2 aliphatic carbocycles. The van der Waals surface area contributed by atoms with E-state index in [1.54, 1.807) is 12.1 Å². The fraction of sp³-hybridized carbons (Fsp3) is 0.458. The minimum Gasteiger partial charge on any atom is -0.504 e. The second kappa shape index (κ2) is 8.71. The summed E-state index contributed by atoms with van der Waals surface area (Å²) in [6.07, 6.45) is 0.418. The van der Waals surface area contributed by atoms with Crippen LogP contribution < -0.4 is 4.74 Å². The summed E-state index contributed by atoms with van der Waals surface area (Å²) in [6, 6.07) is 4.64. The van der Waals surface area contributed by atoms with Crippen molar-refractivity contribution in [3.8, 4) is 11.5 Å². The molecule has 2 saturated heterocycles. The van der Waals surface area contributed by atoms with E-state index in [1.165, 1.54) is 19.2 Å². The van der Waals surface area contributed by atoms with Crippen molar-refractivity contribution in [2.75, 3.05) is 19.7 Å². The molecule has 4 aliphatic rings. The first kappa shape index (κ1) is 26.0. The zero-order chi connectivity index (χ0) is 27.0. The van der Waals surface area contributed by atoms with Crippen molar-refractivity contribution >= 4 is 68.9 Å². The van der Waals surface area contributed by atoms with E-state index < -0.39 is 63.1 Å². The van der Waals surface area contributed by atoms with Crippen molar-refractivity contribution in [3.05, 3.63) is 35.4 Å². The van der Waals surface area contributed by atoms with E-state index in [0.29, 0.717) is 10.5 Å². The Kier molecular flexibility index (Phi) is 6.12. The first-order valence-corrected chi connectivity index (χ1v) is 13.2. The maximum absolute atomic E-state index is 13.7. The highest BCUT2D eigenvalue weighted by Gasteiger charge is 2.76. The number of fused-ring (bicyclic) bond motifs is 4. The minimum atomic E-state index is -2.06. The van der Waals surface area contributed by atoms with Crippen LogP contribution in [-0.2, 0) is 23.9 Å². The molecular formula is C24H21BrCl2N2O8. The van der Waals surface area contributed by atoms with E-state index in [-0.39, 0.29) is 35.4 Å². The molecule has 6 atom stereocenters. The number of ether oxygens (including phenoxy) is 2. The Balaban J connectivity index is 1.74. The number of halogens is 3. The van der Waals surface area contributed by atoms with Crippen LogP contribution in [0, 0.1) is 17.8 Å². The van der Waals surface area contributed by atoms with Crippen molar-refractivity contribution in [1.82, 2.24) is 9.80 Å². The van der Waals surface area contributed by atoms with Crippen molar-refractivity contribution in [1.29, 1.82) is 0 Å². The number of imide groups is 4. The summed E-state index contributed by atoms with van der Waals surface area (Å²) >= 11 is 17.3. The molecule has 1 aromatic carbocycles. The fourth-order valence-electron chi connectivity index (χ4n) is 6.31. The van der Waals surface area contributed by atoms with Gasteiger partial charge in [-0.3, -0.25) is 24.1 Å². The highest BCUT2D eigenvalue weighted by Crippen LogP contribution is 2.66. The number of benzene rings is 1. The van der Waals surface area contributed by atoms with E-state index in [0.717, 1.165) is 12.0 Å². The number of phenolic OH excluding ortho intramolecular Hbond substituents is 1. The Morgan fingerprint density at radius 1 is 1.14 bits per heavy atom. The summed E-state index contributed by atoms with van der Waals surface area (Å²) in [6.45, 7) is 0. The summed E-state index contributed by atoms with van der Waals surface area (Å²) in [7, 11) is 2.42. The monoisotopic (exact) mass is 614 g/mol. The van der Waals surface area contributed by atoms with E-state index in [1.807, 2.05) is 0 Å². The predicted molar refractivity (Wildman–Crippen MR) is 132 cm³/mol. The number of para-hydroxylation sites is 1. The summed E-state index contributed by atoms with van der Waals surface area (Å²) < 4.78 is 9.89. The number of alkyl halides is 3. The molecule has 5 amide bonds. The van der Waals surface area contributed by atoms with Gasteiger partial charge in [0.1, 0.15) is 0 Å². The number of aromatic hydroxyl groups is 1. The third-order valence-corrected chi connectivity index (χ3v) is 9.85. The first-order valence-electron chi connectivity index (χ1n) is 11.3. The van der Waals surface area contributed by atoms with Crippen molar-refractivity contribution in [2.45, 2.75) is 28.5 Å². The van der Waals surface area contributed by atoms with Gasteiger partial charge in [-0.25, -0.2) is 4.79 Å². The van der Waals surface area contributed by atoms with Crippen LogP contribution in [0.15, 0.2) is 29.8 Å². The molecule has 3 fully saturated rings. The smallest absolute Gasteiger partial charge is 0.423 e. The number of amides is 5. The Morgan fingerprint density at radius 3 is 2.46 bits per heavy atom. The van der Waals surface area contributed by atoms with Crippen molar-refractivity contribution in [3.63, 3.8) is 0 Å². The van der Waals surface area contributed by atoms with Crippen molar-refractivity contribution in [2.24, 2.45) is 17.8 Å². The lowest BCUT2D eigenvalue weighted by Gasteiger charge is -2.50. The molecule has 5 rings (SSSR count). The Hall–Kier alpha value is -2.63. The molecule has 1 saturated carbocycles. The number of carbonyl (C=O) groups is 5. The van der Waals surface area contributed by atoms with Crippen LogP contribution in [0.1, 0.15) is 24.3 Å². The standard InChI is InChI=1S/C24H21BrCl2N2O8/c1-36-14-5-3-4-12(17(14)30)16-10-6-7-11-15(19(32)29(18(11)31)22(35)37-2)13(10)8-23(26)20(33)28(9-25)21(34)24(16,23)27/h3-6,11,13,15-16,30H,7-9H2,1-2H3/t11-,13+,15-,16+,23+,24-/m0/s1. The summed E-state index contributed by atoms with van der Waals surface area (Å²) in [5, 5.41) is 11.1. The normalized spacial score (nSPS) is 34.7. The van der Waals surface area contributed by atoms with E-state index in [4.69, 9.17) is 27.9 Å². The largest absolute Gasteiger partial charge is 0.504 e. The number of methoxy groups -OCH3 is 2. The van der Waals surface area contributed by atoms with Gasteiger partial charge in [0.2, 0.25) is 11.8 Å². The van der Waals surface area contributed by atoms with Crippen LogP contribution in [0.4, 0.5) is 4.79 Å². The summed E-state index contributed by atoms with van der Waals surface area (Å²) in [4.78, 5) is 63.2. The lowest BCUT2D eigenvalue weighted by atomic mass is 9.56. The zero-order valence-corrected chi connectivity index (χ0v) is 22.7. The van der Waals surface area contributed by atoms with E-state index in [9.17, 15) is 29.1 Å². The first-order chi connectivity index (χ1) is 17.5. The molecule has 1 aromatic rings. The molecule has 2 aliphatic heterocycles. The van der Waals surface area contributed by atoms with Gasteiger partial charge >= 0.3 is 6.09 Å². The van der Waals surface area contributed by atoms with Crippen LogP contribution in [0.25, 0.3) is 0 Å². The van der Waals surface area contributed by atoms with Crippen LogP contribution >= 0.6 is 39.1 Å². The van der Waals surface area contributed by atoms with E-state index in [2.05, 4.69) is 20.7 Å². The molecule has 37 heavy (non-hydrogen) atoms. The number of hydrogen-bond donors (Lipinski definition) is 1. The van der Waals surface area contributed by atoms with Gasteiger partial charge in [0.25, 0.3) is 11.8 Å².